The number of rotatable bonds is 5. The van der Waals surface area contributed by atoms with Crippen molar-refractivity contribution in [3.05, 3.63) is 16.6 Å². The first-order valence-electron chi connectivity index (χ1n) is 4.48. The molecular weight excluding hydrogens is 168 g/mol. The summed E-state index contributed by atoms with van der Waals surface area (Å²) in [5, 5.41) is 12.6. The molecule has 0 spiro atoms. The standard InChI is InChI=1S/C8H14N4O/c1-2-3-4-5-9-11-7-6-10-12-8(7)13/h6H,2-5H2,1H3,(H2,10,12,13)/b11-9+. The third-order valence-electron chi connectivity index (χ3n) is 1.67. The second-order valence-corrected chi connectivity index (χ2v) is 2.80. The van der Waals surface area contributed by atoms with Crippen molar-refractivity contribution in [2.45, 2.75) is 26.2 Å². The van der Waals surface area contributed by atoms with E-state index in [9.17, 15) is 4.79 Å². The molecule has 2 N–H and O–H groups in total. The van der Waals surface area contributed by atoms with Crippen molar-refractivity contribution in [3.63, 3.8) is 0 Å². The van der Waals surface area contributed by atoms with Crippen LogP contribution in [0.3, 0.4) is 0 Å². The Hall–Kier alpha value is -1.39. The van der Waals surface area contributed by atoms with E-state index in [-0.39, 0.29) is 5.56 Å². The number of nitrogens with zero attached hydrogens (tertiary/aromatic N) is 2. The molecule has 0 radical (unpaired) electrons. The number of H-pyrrole nitrogens is 2. The third-order valence-corrected chi connectivity index (χ3v) is 1.67. The van der Waals surface area contributed by atoms with Gasteiger partial charge < -0.3 is 5.10 Å². The normalized spacial score (nSPS) is 11.2. The SMILES string of the molecule is CCCCC/N=N/c1c[nH][nH]c1=O. The minimum absolute atomic E-state index is 0.223. The molecule has 0 unspecified atom stereocenters. The molecule has 0 saturated carbocycles. The summed E-state index contributed by atoms with van der Waals surface area (Å²) < 4.78 is 0. The van der Waals surface area contributed by atoms with Gasteiger partial charge in [-0.25, -0.2) is 0 Å². The van der Waals surface area contributed by atoms with E-state index in [4.69, 9.17) is 0 Å². The monoisotopic (exact) mass is 182 g/mol. The minimum Gasteiger partial charge on any atom is -0.303 e. The summed E-state index contributed by atoms with van der Waals surface area (Å²) in [5.41, 5.74) is 0.121. The van der Waals surface area contributed by atoms with Gasteiger partial charge in [0.2, 0.25) is 0 Å². The van der Waals surface area contributed by atoms with Gasteiger partial charge in [0, 0.05) is 0 Å². The highest BCUT2D eigenvalue weighted by Crippen LogP contribution is 2.02. The average Bonchev–Trinajstić information content (AvgIpc) is 2.52. The predicted molar refractivity (Wildman–Crippen MR) is 50.3 cm³/mol. The lowest BCUT2D eigenvalue weighted by Crippen LogP contribution is -1.96. The number of aromatic nitrogens is 2. The van der Waals surface area contributed by atoms with E-state index in [2.05, 4.69) is 27.3 Å². The Bertz CT molecular complexity index is 312. The summed E-state index contributed by atoms with van der Waals surface area (Å²) in [5.74, 6) is 0. The molecule has 0 aromatic carbocycles. The van der Waals surface area contributed by atoms with Crippen molar-refractivity contribution < 1.29 is 0 Å². The predicted octanol–water partition coefficient (Wildman–Crippen LogP) is 1.98. The summed E-state index contributed by atoms with van der Waals surface area (Å²) in [6, 6.07) is 0. The highest BCUT2D eigenvalue weighted by Gasteiger charge is 1.95. The molecule has 0 fully saturated rings. The van der Waals surface area contributed by atoms with Crippen molar-refractivity contribution in [3.8, 4) is 0 Å². The minimum atomic E-state index is -0.223. The first-order valence-corrected chi connectivity index (χ1v) is 4.48. The van der Waals surface area contributed by atoms with E-state index in [1.165, 1.54) is 12.6 Å². The Balaban J connectivity index is 2.33. The molecule has 0 saturated heterocycles. The highest BCUT2D eigenvalue weighted by molar-refractivity contribution is 5.27. The molecule has 1 aromatic heterocycles. The maximum atomic E-state index is 10.9. The van der Waals surface area contributed by atoms with Gasteiger partial charge in [0.25, 0.3) is 5.56 Å². The van der Waals surface area contributed by atoms with Gasteiger partial charge >= 0.3 is 0 Å². The molecule has 72 valence electrons. The van der Waals surface area contributed by atoms with E-state index >= 15 is 0 Å². The van der Waals surface area contributed by atoms with Crippen molar-refractivity contribution >= 4 is 5.69 Å². The van der Waals surface area contributed by atoms with Crippen LogP contribution in [0.4, 0.5) is 5.69 Å². The number of unbranched alkanes of at least 4 members (excludes halogenated alkanes) is 2. The molecule has 5 nitrogen and oxygen atoms in total. The van der Waals surface area contributed by atoms with Crippen LogP contribution >= 0.6 is 0 Å². The molecule has 0 aliphatic rings. The zero-order valence-electron chi connectivity index (χ0n) is 7.71. The van der Waals surface area contributed by atoms with Crippen LogP contribution in [-0.2, 0) is 0 Å². The van der Waals surface area contributed by atoms with Crippen molar-refractivity contribution in [2.75, 3.05) is 6.54 Å². The highest BCUT2D eigenvalue weighted by atomic mass is 16.1. The number of hydrogen-bond donors (Lipinski definition) is 2. The molecule has 1 heterocycles. The average molecular weight is 182 g/mol. The van der Waals surface area contributed by atoms with Crippen LogP contribution in [0.1, 0.15) is 26.2 Å². The second kappa shape index (κ2) is 5.29. The summed E-state index contributed by atoms with van der Waals surface area (Å²) in [6.45, 7) is 2.83. The zero-order valence-corrected chi connectivity index (χ0v) is 7.71. The zero-order chi connectivity index (χ0) is 9.52. The second-order valence-electron chi connectivity index (χ2n) is 2.80. The Labute approximate surface area is 76.3 Å². The molecule has 0 aliphatic heterocycles. The van der Waals surface area contributed by atoms with Crippen LogP contribution in [-0.4, -0.2) is 16.7 Å². The molecule has 0 aliphatic carbocycles. The maximum absolute atomic E-state index is 10.9. The largest absolute Gasteiger partial charge is 0.303 e. The van der Waals surface area contributed by atoms with Gasteiger partial charge in [0.1, 0.15) is 0 Å². The Morgan fingerprint density at radius 3 is 2.92 bits per heavy atom. The fourth-order valence-corrected chi connectivity index (χ4v) is 0.933. The van der Waals surface area contributed by atoms with E-state index in [1.807, 2.05) is 0 Å². The van der Waals surface area contributed by atoms with Gasteiger partial charge in [0.15, 0.2) is 5.69 Å². The Kier molecular flexibility index (Phi) is 3.95. The number of azo groups is 1. The van der Waals surface area contributed by atoms with Gasteiger partial charge in [-0.3, -0.25) is 9.89 Å². The van der Waals surface area contributed by atoms with Crippen LogP contribution < -0.4 is 5.56 Å². The van der Waals surface area contributed by atoms with Gasteiger partial charge in [-0.1, -0.05) is 19.8 Å². The van der Waals surface area contributed by atoms with E-state index < -0.39 is 0 Å². The quantitative estimate of drug-likeness (QED) is 0.530. The van der Waals surface area contributed by atoms with Crippen LogP contribution in [0.5, 0.6) is 0 Å². The van der Waals surface area contributed by atoms with Crippen molar-refractivity contribution in [1.82, 2.24) is 10.2 Å². The Morgan fingerprint density at radius 2 is 2.31 bits per heavy atom. The van der Waals surface area contributed by atoms with Gasteiger partial charge in [-0.2, -0.15) is 5.11 Å². The van der Waals surface area contributed by atoms with Gasteiger partial charge in [-0.05, 0) is 6.42 Å². The third kappa shape index (κ3) is 3.23. The topological polar surface area (TPSA) is 73.4 Å². The van der Waals surface area contributed by atoms with Gasteiger partial charge in [-0.15, -0.1) is 5.11 Å². The number of aromatic amines is 2. The van der Waals surface area contributed by atoms with Crippen LogP contribution in [0.2, 0.25) is 0 Å². The fourth-order valence-electron chi connectivity index (χ4n) is 0.933. The van der Waals surface area contributed by atoms with E-state index in [0.717, 1.165) is 12.8 Å². The lowest BCUT2D eigenvalue weighted by molar-refractivity contribution is 0.713. The van der Waals surface area contributed by atoms with Crippen LogP contribution in [0.25, 0.3) is 0 Å². The first-order chi connectivity index (χ1) is 6.34. The smallest absolute Gasteiger partial charge is 0.291 e. The van der Waals surface area contributed by atoms with E-state index in [1.54, 1.807) is 0 Å². The number of nitrogens with one attached hydrogen (secondary N) is 2. The maximum Gasteiger partial charge on any atom is 0.291 e. The molecule has 13 heavy (non-hydrogen) atoms. The lowest BCUT2D eigenvalue weighted by atomic mass is 10.3. The molecule has 1 aromatic rings. The first kappa shape index (κ1) is 9.70. The molecule has 1 rings (SSSR count). The summed E-state index contributed by atoms with van der Waals surface area (Å²) in [6.07, 6.45) is 4.86. The van der Waals surface area contributed by atoms with Crippen LogP contribution in [0, 0.1) is 0 Å². The summed E-state index contributed by atoms with van der Waals surface area (Å²) in [4.78, 5) is 10.9. The lowest BCUT2D eigenvalue weighted by Gasteiger charge is -1.89. The number of hydrogen-bond acceptors (Lipinski definition) is 3. The Morgan fingerprint density at radius 1 is 1.46 bits per heavy atom. The van der Waals surface area contributed by atoms with Crippen molar-refractivity contribution in [2.24, 2.45) is 10.2 Å². The summed E-state index contributed by atoms with van der Waals surface area (Å²) >= 11 is 0. The summed E-state index contributed by atoms with van der Waals surface area (Å²) in [7, 11) is 0. The molecule has 5 heteroatoms. The van der Waals surface area contributed by atoms with E-state index in [0.29, 0.717) is 12.2 Å². The van der Waals surface area contributed by atoms with Crippen molar-refractivity contribution in [1.29, 1.82) is 0 Å². The molecule has 0 bridgehead atoms. The van der Waals surface area contributed by atoms with Gasteiger partial charge in [0.05, 0.1) is 12.7 Å². The molecular formula is C8H14N4O. The fraction of sp³-hybridized carbons (Fsp3) is 0.625. The molecule has 0 atom stereocenters. The van der Waals surface area contributed by atoms with Crippen LogP contribution in [0.15, 0.2) is 21.2 Å². The molecule has 0 amide bonds.